The molecular weight excluding hydrogens is 138 g/mol. The minimum Gasteiger partial charge on any atom is -0.380 e. The predicted molar refractivity (Wildman–Crippen MR) is 48.9 cm³/mol. The molecule has 0 aliphatic heterocycles. The van der Waals surface area contributed by atoms with Gasteiger partial charge in [0.1, 0.15) is 0 Å². The van der Waals surface area contributed by atoms with Crippen LogP contribution in [-0.2, 0) is 4.74 Å². The largest absolute Gasteiger partial charge is 0.380 e. The van der Waals surface area contributed by atoms with Crippen LogP contribution in [0.5, 0.6) is 0 Å². The Hall–Kier alpha value is -0.0800. The van der Waals surface area contributed by atoms with Crippen LogP contribution >= 0.6 is 0 Å². The molecule has 0 aromatic carbocycles. The van der Waals surface area contributed by atoms with E-state index in [4.69, 9.17) is 4.74 Å². The number of ether oxygens (including phenoxy) is 1. The summed E-state index contributed by atoms with van der Waals surface area (Å²) < 4.78 is 5.37. The van der Waals surface area contributed by atoms with Gasteiger partial charge in [0.25, 0.3) is 0 Å². The highest BCUT2D eigenvalue weighted by molar-refractivity contribution is 4.73. The molecule has 0 aromatic rings. The molecule has 0 amide bonds. The maximum Gasteiger partial charge on any atom is 0.0723 e. The number of likely N-dealkylation sites (N-methyl/N-ethyl adjacent to an activating group) is 1. The zero-order valence-electron chi connectivity index (χ0n) is 8.42. The molecule has 2 heteroatoms. The summed E-state index contributed by atoms with van der Waals surface area (Å²) in [4.78, 5) is 2.23. The van der Waals surface area contributed by atoms with E-state index in [1.165, 1.54) is 0 Å². The smallest absolute Gasteiger partial charge is 0.0723 e. The van der Waals surface area contributed by atoms with E-state index in [2.05, 4.69) is 32.8 Å². The SMILES string of the molecule is CC[C@H]([C@@H](CC)OC)N(C)C. The summed E-state index contributed by atoms with van der Waals surface area (Å²) in [5, 5.41) is 0. The van der Waals surface area contributed by atoms with Crippen LogP contribution in [0.3, 0.4) is 0 Å². The summed E-state index contributed by atoms with van der Waals surface area (Å²) in [7, 11) is 6.01. The molecule has 0 radical (unpaired) electrons. The molecule has 0 saturated heterocycles. The molecule has 0 saturated carbocycles. The zero-order valence-corrected chi connectivity index (χ0v) is 8.42. The van der Waals surface area contributed by atoms with Crippen molar-refractivity contribution < 1.29 is 4.74 Å². The fourth-order valence-electron chi connectivity index (χ4n) is 1.56. The van der Waals surface area contributed by atoms with Crippen molar-refractivity contribution >= 4 is 0 Å². The lowest BCUT2D eigenvalue weighted by Crippen LogP contribution is -2.39. The van der Waals surface area contributed by atoms with E-state index in [9.17, 15) is 0 Å². The van der Waals surface area contributed by atoms with Crippen LogP contribution in [0.25, 0.3) is 0 Å². The van der Waals surface area contributed by atoms with Crippen molar-refractivity contribution in [3.63, 3.8) is 0 Å². The number of hydrogen-bond donors (Lipinski definition) is 0. The predicted octanol–water partition coefficient (Wildman–Crippen LogP) is 1.75. The molecule has 0 heterocycles. The number of rotatable bonds is 5. The third-order valence-electron chi connectivity index (χ3n) is 2.22. The minimum absolute atomic E-state index is 0.384. The van der Waals surface area contributed by atoms with Crippen molar-refractivity contribution in [2.45, 2.75) is 38.8 Å². The van der Waals surface area contributed by atoms with E-state index in [0.29, 0.717) is 12.1 Å². The van der Waals surface area contributed by atoms with Gasteiger partial charge in [-0.05, 0) is 26.9 Å². The normalized spacial score (nSPS) is 16.9. The van der Waals surface area contributed by atoms with Gasteiger partial charge in [-0.15, -0.1) is 0 Å². The van der Waals surface area contributed by atoms with Crippen molar-refractivity contribution in [1.82, 2.24) is 4.90 Å². The van der Waals surface area contributed by atoms with Gasteiger partial charge in [-0.1, -0.05) is 13.8 Å². The minimum atomic E-state index is 0.384. The van der Waals surface area contributed by atoms with Crippen molar-refractivity contribution in [3.05, 3.63) is 0 Å². The summed E-state index contributed by atoms with van der Waals surface area (Å²) in [6.07, 6.45) is 2.63. The first-order chi connectivity index (χ1) is 5.17. The Morgan fingerprint density at radius 2 is 1.73 bits per heavy atom. The lowest BCUT2D eigenvalue weighted by Gasteiger charge is -2.29. The summed E-state index contributed by atoms with van der Waals surface area (Å²) in [6, 6.07) is 0.560. The zero-order chi connectivity index (χ0) is 8.85. The second-order valence-corrected chi connectivity index (χ2v) is 3.12. The van der Waals surface area contributed by atoms with Crippen LogP contribution in [-0.4, -0.2) is 38.3 Å². The van der Waals surface area contributed by atoms with Gasteiger partial charge in [-0.25, -0.2) is 0 Å². The standard InChI is InChI=1S/C9H21NO/c1-6-8(10(3)4)9(7-2)11-5/h8-9H,6-7H2,1-5H3/t8-,9-/m1/s1. The molecule has 0 rings (SSSR count). The number of nitrogens with zero attached hydrogens (tertiary/aromatic N) is 1. The quantitative estimate of drug-likeness (QED) is 0.606. The molecule has 0 bridgehead atoms. The number of methoxy groups -OCH3 is 1. The van der Waals surface area contributed by atoms with E-state index in [-0.39, 0.29) is 0 Å². The molecule has 68 valence electrons. The van der Waals surface area contributed by atoms with E-state index >= 15 is 0 Å². The average molecular weight is 159 g/mol. The fourth-order valence-corrected chi connectivity index (χ4v) is 1.56. The molecule has 11 heavy (non-hydrogen) atoms. The summed E-state index contributed by atoms with van der Waals surface area (Å²) in [6.45, 7) is 4.37. The van der Waals surface area contributed by atoms with Gasteiger partial charge in [-0.2, -0.15) is 0 Å². The van der Waals surface area contributed by atoms with Gasteiger partial charge in [0, 0.05) is 13.2 Å². The molecule has 0 aliphatic carbocycles. The summed E-state index contributed by atoms with van der Waals surface area (Å²) >= 11 is 0. The third kappa shape index (κ3) is 3.21. The van der Waals surface area contributed by atoms with E-state index in [1.54, 1.807) is 7.11 Å². The first-order valence-electron chi connectivity index (χ1n) is 4.36. The Bertz CT molecular complexity index is 89.6. The van der Waals surface area contributed by atoms with E-state index in [0.717, 1.165) is 12.8 Å². The van der Waals surface area contributed by atoms with Gasteiger partial charge >= 0.3 is 0 Å². The molecule has 0 fully saturated rings. The van der Waals surface area contributed by atoms with Crippen LogP contribution in [0.2, 0.25) is 0 Å². The van der Waals surface area contributed by atoms with Crippen molar-refractivity contribution in [3.8, 4) is 0 Å². The maximum absolute atomic E-state index is 5.37. The Kier molecular flexibility index (Phi) is 5.51. The topological polar surface area (TPSA) is 12.5 Å². The van der Waals surface area contributed by atoms with Crippen LogP contribution in [0.1, 0.15) is 26.7 Å². The van der Waals surface area contributed by atoms with Crippen LogP contribution < -0.4 is 0 Å². The van der Waals surface area contributed by atoms with Gasteiger partial charge < -0.3 is 9.64 Å². The van der Waals surface area contributed by atoms with Gasteiger partial charge in [0.2, 0.25) is 0 Å². The van der Waals surface area contributed by atoms with Crippen LogP contribution in [0.4, 0.5) is 0 Å². The second-order valence-electron chi connectivity index (χ2n) is 3.12. The molecular formula is C9H21NO. The summed E-state index contributed by atoms with van der Waals surface area (Å²) in [5.41, 5.74) is 0. The molecule has 0 spiro atoms. The molecule has 0 aromatic heterocycles. The van der Waals surface area contributed by atoms with Gasteiger partial charge in [0.15, 0.2) is 0 Å². The van der Waals surface area contributed by atoms with E-state index in [1.807, 2.05) is 0 Å². The van der Waals surface area contributed by atoms with E-state index < -0.39 is 0 Å². The molecule has 0 aliphatic rings. The molecule has 2 nitrogen and oxygen atoms in total. The van der Waals surface area contributed by atoms with Crippen molar-refractivity contribution in [2.24, 2.45) is 0 Å². The highest BCUT2D eigenvalue weighted by Gasteiger charge is 2.18. The van der Waals surface area contributed by atoms with Gasteiger partial charge in [-0.3, -0.25) is 0 Å². The second kappa shape index (κ2) is 5.56. The van der Waals surface area contributed by atoms with Crippen molar-refractivity contribution in [2.75, 3.05) is 21.2 Å². The fraction of sp³-hybridized carbons (Fsp3) is 1.00. The first-order valence-corrected chi connectivity index (χ1v) is 4.36. The Morgan fingerprint density at radius 1 is 1.18 bits per heavy atom. The lowest BCUT2D eigenvalue weighted by molar-refractivity contribution is 0.0283. The van der Waals surface area contributed by atoms with Crippen LogP contribution in [0, 0.1) is 0 Å². The number of hydrogen-bond acceptors (Lipinski definition) is 2. The molecule has 0 N–H and O–H groups in total. The monoisotopic (exact) mass is 159 g/mol. The Balaban J connectivity index is 3.98. The average Bonchev–Trinajstić information content (AvgIpc) is 1.99. The lowest BCUT2D eigenvalue weighted by atomic mass is 10.1. The first kappa shape index (κ1) is 10.9. The van der Waals surface area contributed by atoms with Crippen molar-refractivity contribution in [1.29, 1.82) is 0 Å². The third-order valence-corrected chi connectivity index (χ3v) is 2.22. The molecule has 2 atom stereocenters. The Morgan fingerprint density at radius 3 is 1.82 bits per heavy atom. The Labute approximate surface area is 70.5 Å². The van der Waals surface area contributed by atoms with Gasteiger partial charge in [0.05, 0.1) is 6.10 Å². The van der Waals surface area contributed by atoms with Crippen LogP contribution in [0.15, 0.2) is 0 Å². The summed E-state index contributed by atoms with van der Waals surface area (Å²) in [5.74, 6) is 0. The maximum atomic E-state index is 5.37. The molecule has 0 unspecified atom stereocenters. The highest BCUT2D eigenvalue weighted by Crippen LogP contribution is 2.11. The highest BCUT2D eigenvalue weighted by atomic mass is 16.5.